The molecule has 1 fully saturated rings. The van der Waals surface area contributed by atoms with Crippen molar-refractivity contribution < 1.29 is 27.8 Å². The summed E-state index contributed by atoms with van der Waals surface area (Å²) in [5.41, 5.74) is 0.801. The van der Waals surface area contributed by atoms with Crippen molar-refractivity contribution in [1.82, 2.24) is 4.90 Å². The molecule has 0 radical (unpaired) electrons. The summed E-state index contributed by atoms with van der Waals surface area (Å²) in [5, 5.41) is 9.03. The summed E-state index contributed by atoms with van der Waals surface area (Å²) in [6, 6.07) is 7.13. The van der Waals surface area contributed by atoms with E-state index in [-0.39, 0.29) is 38.1 Å². The van der Waals surface area contributed by atoms with Gasteiger partial charge in [0.1, 0.15) is 5.75 Å². The second-order valence-electron chi connectivity index (χ2n) is 6.10. The third-order valence-electron chi connectivity index (χ3n) is 3.81. The van der Waals surface area contributed by atoms with Gasteiger partial charge in [0.2, 0.25) is 0 Å². The van der Waals surface area contributed by atoms with Gasteiger partial charge in [-0.3, -0.25) is 9.69 Å². The van der Waals surface area contributed by atoms with Crippen molar-refractivity contribution in [3.05, 3.63) is 29.8 Å². The number of likely N-dealkylation sites (tertiary alicyclic amines) is 1. The SMILES string of the molecule is CC(C)Oc1cccc(CN2C[C@@H](C(F)(F)F)[C@H](C(=O)O)C2)c1.Cl. The molecule has 0 bridgehead atoms. The van der Waals surface area contributed by atoms with E-state index in [9.17, 15) is 18.0 Å². The molecule has 8 heteroatoms. The van der Waals surface area contributed by atoms with Crippen molar-refractivity contribution in [2.45, 2.75) is 32.7 Å². The maximum absolute atomic E-state index is 13.0. The average Bonchev–Trinajstić information content (AvgIpc) is 2.82. The Kier molecular flexibility index (Phi) is 6.92. The molecule has 0 unspecified atom stereocenters. The van der Waals surface area contributed by atoms with E-state index in [0.717, 1.165) is 5.56 Å². The lowest BCUT2D eigenvalue weighted by Gasteiger charge is -2.18. The largest absolute Gasteiger partial charge is 0.491 e. The second-order valence-corrected chi connectivity index (χ2v) is 6.10. The summed E-state index contributed by atoms with van der Waals surface area (Å²) in [6.07, 6.45) is -4.50. The van der Waals surface area contributed by atoms with Crippen LogP contribution in [0.15, 0.2) is 24.3 Å². The predicted octanol–water partition coefficient (Wildman–Crippen LogP) is 3.59. The zero-order valence-corrected chi connectivity index (χ0v) is 14.2. The number of carbonyl (C=O) groups is 1. The summed E-state index contributed by atoms with van der Waals surface area (Å²) < 4.78 is 44.5. The molecule has 0 amide bonds. The summed E-state index contributed by atoms with van der Waals surface area (Å²) in [7, 11) is 0. The maximum atomic E-state index is 13.0. The fourth-order valence-electron chi connectivity index (χ4n) is 2.84. The molecule has 1 saturated heterocycles. The molecule has 0 aliphatic carbocycles. The second kappa shape index (κ2) is 8.07. The first-order chi connectivity index (χ1) is 10.7. The summed E-state index contributed by atoms with van der Waals surface area (Å²) in [5.74, 6) is -3.98. The van der Waals surface area contributed by atoms with E-state index in [4.69, 9.17) is 9.84 Å². The minimum atomic E-state index is -4.50. The third kappa shape index (κ3) is 5.27. The van der Waals surface area contributed by atoms with E-state index in [1.165, 1.54) is 4.90 Å². The summed E-state index contributed by atoms with van der Waals surface area (Å²) in [6.45, 7) is 3.65. The summed E-state index contributed by atoms with van der Waals surface area (Å²) in [4.78, 5) is 12.6. The minimum Gasteiger partial charge on any atom is -0.491 e. The van der Waals surface area contributed by atoms with Crippen molar-refractivity contribution in [1.29, 1.82) is 0 Å². The van der Waals surface area contributed by atoms with Crippen LogP contribution in [0.4, 0.5) is 13.2 Å². The zero-order valence-electron chi connectivity index (χ0n) is 13.4. The Morgan fingerprint density at radius 3 is 2.54 bits per heavy atom. The highest BCUT2D eigenvalue weighted by Crippen LogP contribution is 2.38. The highest BCUT2D eigenvalue weighted by Gasteiger charge is 2.52. The van der Waals surface area contributed by atoms with Crippen LogP contribution in [0.5, 0.6) is 5.75 Å². The minimum absolute atomic E-state index is 0. The smallest absolute Gasteiger partial charge is 0.393 e. The molecule has 136 valence electrons. The predicted molar refractivity (Wildman–Crippen MR) is 85.4 cm³/mol. The van der Waals surface area contributed by atoms with Gasteiger partial charge in [-0.2, -0.15) is 13.2 Å². The van der Waals surface area contributed by atoms with E-state index in [0.29, 0.717) is 5.75 Å². The fourth-order valence-corrected chi connectivity index (χ4v) is 2.84. The van der Waals surface area contributed by atoms with Crippen LogP contribution in [-0.2, 0) is 11.3 Å². The molecule has 2 atom stereocenters. The van der Waals surface area contributed by atoms with Crippen LogP contribution < -0.4 is 4.74 Å². The number of alkyl halides is 3. The van der Waals surface area contributed by atoms with Crippen LogP contribution in [0, 0.1) is 11.8 Å². The first-order valence-electron chi connectivity index (χ1n) is 7.44. The monoisotopic (exact) mass is 367 g/mol. The third-order valence-corrected chi connectivity index (χ3v) is 3.81. The van der Waals surface area contributed by atoms with E-state index >= 15 is 0 Å². The number of carboxylic acids is 1. The molecule has 1 aliphatic rings. The molecular weight excluding hydrogens is 347 g/mol. The molecule has 4 nitrogen and oxygen atoms in total. The van der Waals surface area contributed by atoms with Gasteiger partial charge >= 0.3 is 12.1 Å². The Morgan fingerprint density at radius 1 is 1.38 bits per heavy atom. The molecule has 0 aromatic heterocycles. The van der Waals surface area contributed by atoms with Gasteiger partial charge in [-0.25, -0.2) is 0 Å². The Labute approximate surface area is 145 Å². The Bertz CT molecular complexity index is 566. The van der Waals surface area contributed by atoms with Crippen LogP contribution in [0.25, 0.3) is 0 Å². The van der Waals surface area contributed by atoms with E-state index in [2.05, 4.69) is 0 Å². The number of aliphatic carboxylic acids is 1. The van der Waals surface area contributed by atoms with Gasteiger partial charge < -0.3 is 9.84 Å². The number of nitrogens with zero attached hydrogens (tertiary/aromatic N) is 1. The zero-order chi connectivity index (χ0) is 17.2. The lowest BCUT2D eigenvalue weighted by Crippen LogP contribution is -2.33. The fraction of sp³-hybridized carbons (Fsp3) is 0.562. The maximum Gasteiger partial charge on any atom is 0.393 e. The van der Waals surface area contributed by atoms with Gasteiger partial charge in [-0.1, -0.05) is 12.1 Å². The normalized spacial score (nSPS) is 21.6. The number of hydrogen-bond donors (Lipinski definition) is 1. The van der Waals surface area contributed by atoms with E-state index in [1.807, 2.05) is 13.8 Å². The quantitative estimate of drug-likeness (QED) is 0.864. The molecule has 1 aromatic carbocycles. The van der Waals surface area contributed by atoms with Crippen LogP contribution in [0.2, 0.25) is 0 Å². The number of halogens is 4. The number of hydrogen-bond acceptors (Lipinski definition) is 3. The molecule has 1 aromatic rings. The Morgan fingerprint density at radius 2 is 2.04 bits per heavy atom. The Hall–Kier alpha value is -1.47. The van der Waals surface area contributed by atoms with Crippen LogP contribution in [-0.4, -0.2) is 41.3 Å². The molecule has 24 heavy (non-hydrogen) atoms. The van der Waals surface area contributed by atoms with Gasteiger partial charge in [0.25, 0.3) is 0 Å². The lowest BCUT2D eigenvalue weighted by atomic mass is 9.96. The molecular formula is C16H21ClF3NO3. The van der Waals surface area contributed by atoms with Gasteiger partial charge in [-0.05, 0) is 31.5 Å². The highest BCUT2D eigenvalue weighted by atomic mass is 35.5. The molecule has 1 N–H and O–H groups in total. The molecule has 2 rings (SSSR count). The number of benzene rings is 1. The highest BCUT2D eigenvalue weighted by molar-refractivity contribution is 5.85. The van der Waals surface area contributed by atoms with Crippen molar-refractivity contribution in [2.75, 3.05) is 13.1 Å². The lowest BCUT2D eigenvalue weighted by molar-refractivity contribution is -0.188. The number of ether oxygens (including phenoxy) is 1. The van der Waals surface area contributed by atoms with Crippen LogP contribution in [0.3, 0.4) is 0 Å². The summed E-state index contributed by atoms with van der Waals surface area (Å²) >= 11 is 0. The van der Waals surface area contributed by atoms with Crippen molar-refractivity contribution >= 4 is 18.4 Å². The number of carboxylic acid groups (broad SMARTS) is 1. The van der Waals surface area contributed by atoms with Crippen molar-refractivity contribution in [3.63, 3.8) is 0 Å². The van der Waals surface area contributed by atoms with Crippen LogP contribution in [0.1, 0.15) is 19.4 Å². The van der Waals surface area contributed by atoms with Crippen LogP contribution >= 0.6 is 12.4 Å². The van der Waals surface area contributed by atoms with Gasteiger partial charge in [-0.15, -0.1) is 12.4 Å². The molecule has 0 saturated carbocycles. The average molecular weight is 368 g/mol. The molecule has 0 spiro atoms. The van der Waals surface area contributed by atoms with Crippen molar-refractivity contribution in [2.24, 2.45) is 11.8 Å². The van der Waals surface area contributed by atoms with E-state index < -0.39 is 24.0 Å². The molecule has 1 heterocycles. The number of rotatable bonds is 5. The molecule has 1 aliphatic heterocycles. The topological polar surface area (TPSA) is 49.8 Å². The van der Waals surface area contributed by atoms with Gasteiger partial charge in [0.15, 0.2) is 0 Å². The van der Waals surface area contributed by atoms with E-state index in [1.54, 1.807) is 24.3 Å². The van der Waals surface area contributed by atoms with Crippen molar-refractivity contribution in [3.8, 4) is 5.75 Å². The Balaban J connectivity index is 0.00000288. The first-order valence-corrected chi connectivity index (χ1v) is 7.44. The van der Waals surface area contributed by atoms with Gasteiger partial charge in [0.05, 0.1) is 17.9 Å². The van der Waals surface area contributed by atoms with Gasteiger partial charge in [0, 0.05) is 19.6 Å². The standard InChI is InChI=1S/C16H20F3NO3.ClH/c1-10(2)23-12-5-3-4-11(6-12)7-20-8-13(15(21)22)14(9-20)16(17,18)19;/h3-6,10,13-14H,7-9H2,1-2H3,(H,21,22);1H/t13-,14-;/m1./s1. The first kappa shape index (κ1) is 20.6.